The number of piperidine rings is 1. The number of nitrogens with zero attached hydrogens (tertiary/aromatic N) is 3. The molecule has 3 heterocycles. The van der Waals surface area contributed by atoms with Crippen LogP contribution < -0.4 is 10.1 Å². The third-order valence-corrected chi connectivity index (χ3v) is 5.75. The molecule has 1 aromatic carbocycles. The van der Waals surface area contributed by atoms with Crippen molar-refractivity contribution in [2.24, 2.45) is 7.05 Å². The summed E-state index contributed by atoms with van der Waals surface area (Å²) in [5.74, 6) is 1.65. The van der Waals surface area contributed by atoms with Crippen molar-refractivity contribution in [3.63, 3.8) is 0 Å². The third kappa shape index (κ3) is 4.55. The molecule has 1 N–H and O–H groups in total. The molecule has 150 valence electrons. The van der Waals surface area contributed by atoms with Gasteiger partial charge in [0.1, 0.15) is 5.75 Å². The largest absolute Gasteiger partial charge is 0.494 e. The first kappa shape index (κ1) is 19.0. The highest BCUT2D eigenvalue weighted by Gasteiger charge is 2.28. The van der Waals surface area contributed by atoms with Crippen LogP contribution in [0.1, 0.15) is 55.6 Å². The predicted molar refractivity (Wildman–Crippen MR) is 110 cm³/mol. The van der Waals surface area contributed by atoms with Crippen molar-refractivity contribution in [3.8, 4) is 5.75 Å². The maximum atomic E-state index is 12.0. The number of unbranched alkanes of at least 4 members (excludes halogenated alkanes) is 1. The van der Waals surface area contributed by atoms with Crippen LogP contribution in [0.5, 0.6) is 5.75 Å². The summed E-state index contributed by atoms with van der Waals surface area (Å²) < 4.78 is 7.67. The number of aryl methyl sites for hydroxylation is 1. The number of anilines is 1. The molecule has 1 atom stereocenters. The fourth-order valence-electron chi connectivity index (χ4n) is 4.24. The van der Waals surface area contributed by atoms with Crippen LogP contribution >= 0.6 is 0 Å². The number of amides is 1. The van der Waals surface area contributed by atoms with Gasteiger partial charge >= 0.3 is 0 Å². The van der Waals surface area contributed by atoms with E-state index in [0.717, 1.165) is 29.9 Å². The van der Waals surface area contributed by atoms with Gasteiger partial charge in [0, 0.05) is 31.1 Å². The molecule has 0 spiro atoms. The van der Waals surface area contributed by atoms with Gasteiger partial charge in [0.05, 0.1) is 6.61 Å². The summed E-state index contributed by atoms with van der Waals surface area (Å²) >= 11 is 0. The lowest BCUT2D eigenvalue weighted by atomic mass is 9.87. The number of aromatic nitrogens is 2. The summed E-state index contributed by atoms with van der Waals surface area (Å²) in [6, 6.07) is 8.18. The summed E-state index contributed by atoms with van der Waals surface area (Å²) in [5.41, 5.74) is 2.20. The molecule has 6 nitrogen and oxygen atoms in total. The molecule has 1 unspecified atom stereocenters. The van der Waals surface area contributed by atoms with Crippen LogP contribution in [-0.4, -0.2) is 46.8 Å². The number of ether oxygens (including phenoxy) is 1. The van der Waals surface area contributed by atoms with Crippen LogP contribution in [0.2, 0.25) is 0 Å². The van der Waals surface area contributed by atoms with Gasteiger partial charge in [-0.1, -0.05) is 18.6 Å². The number of carbonyl (C=O) groups excluding carboxylic acids is 1. The smallest absolute Gasteiger partial charge is 0.226 e. The van der Waals surface area contributed by atoms with Gasteiger partial charge in [-0.2, -0.15) is 5.10 Å². The Bertz CT molecular complexity index is 793. The number of hydrogen-bond donors (Lipinski definition) is 1. The fraction of sp³-hybridized carbons (Fsp3) is 0.545. The highest BCUT2D eigenvalue weighted by molar-refractivity contribution is 5.94. The van der Waals surface area contributed by atoms with E-state index in [9.17, 15) is 4.79 Å². The summed E-state index contributed by atoms with van der Waals surface area (Å²) in [7, 11) is 1.88. The van der Waals surface area contributed by atoms with E-state index in [4.69, 9.17) is 4.74 Å². The normalized spacial score (nSPS) is 19.9. The Balaban J connectivity index is 1.27. The number of hydrogen-bond acceptors (Lipinski definition) is 4. The van der Waals surface area contributed by atoms with Gasteiger partial charge < -0.3 is 15.0 Å². The number of rotatable bonds is 7. The van der Waals surface area contributed by atoms with E-state index < -0.39 is 0 Å². The van der Waals surface area contributed by atoms with Gasteiger partial charge in [0.15, 0.2) is 5.82 Å². The lowest BCUT2D eigenvalue weighted by molar-refractivity contribution is -0.116. The van der Waals surface area contributed by atoms with Gasteiger partial charge in [-0.05, 0) is 63.0 Å². The van der Waals surface area contributed by atoms with Gasteiger partial charge in [-0.25, -0.2) is 0 Å². The Morgan fingerprint density at radius 2 is 1.93 bits per heavy atom. The predicted octanol–water partition coefficient (Wildman–Crippen LogP) is 3.54. The standard InChI is InChI=1S/C22H30N4O2/c1-25-16-20-19(15-21(27)23-22(20)24-25)17-7-9-18(10-8-17)28-14-6-5-13-26-11-3-2-4-12-26/h7-10,16,19H,2-6,11-15H2,1H3,(H,23,24,27). The van der Waals surface area contributed by atoms with Crippen molar-refractivity contribution in [2.45, 2.75) is 44.4 Å². The Hall–Kier alpha value is -2.34. The van der Waals surface area contributed by atoms with Crippen LogP contribution in [0, 0.1) is 0 Å². The minimum absolute atomic E-state index is 0.0187. The molecule has 2 aliphatic rings. The molecule has 0 radical (unpaired) electrons. The van der Waals surface area contributed by atoms with Crippen LogP contribution in [-0.2, 0) is 11.8 Å². The SMILES string of the molecule is Cn1cc2c(n1)NC(=O)CC2c1ccc(OCCCCN2CCCCC2)cc1. The second-order valence-electron chi connectivity index (χ2n) is 7.94. The van der Waals surface area contributed by atoms with Gasteiger partial charge in [-0.3, -0.25) is 9.48 Å². The van der Waals surface area contributed by atoms with Crippen molar-refractivity contribution >= 4 is 11.7 Å². The molecule has 28 heavy (non-hydrogen) atoms. The van der Waals surface area contributed by atoms with Gasteiger partial charge in [0.2, 0.25) is 5.91 Å². The molecular formula is C22H30N4O2. The quantitative estimate of drug-likeness (QED) is 0.744. The number of fused-ring (bicyclic) bond motifs is 1. The zero-order valence-electron chi connectivity index (χ0n) is 16.7. The molecule has 2 aromatic rings. The third-order valence-electron chi connectivity index (χ3n) is 5.75. The average molecular weight is 383 g/mol. The van der Waals surface area contributed by atoms with E-state index in [1.165, 1.54) is 45.3 Å². The highest BCUT2D eigenvalue weighted by atomic mass is 16.5. The van der Waals surface area contributed by atoms with Crippen molar-refractivity contribution in [1.29, 1.82) is 0 Å². The van der Waals surface area contributed by atoms with Gasteiger partial charge in [0.25, 0.3) is 0 Å². The molecule has 0 bridgehead atoms. The first-order chi connectivity index (χ1) is 13.7. The van der Waals surface area contributed by atoms with E-state index in [-0.39, 0.29) is 11.8 Å². The zero-order chi connectivity index (χ0) is 19.3. The van der Waals surface area contributed by atoms with E-state index in [1.807, 2.05) is 25.4 Å². The Kier molecular flexibility index (Phi) is 5.95. The van der Waals surface area contributed by atoms with E-state index >= 15 is 0 Å². The Morgan fingerprint density at radius 3 is 2.71 bits per heavy atom. The van der Waals surface area contributed by atoms with Crippen LogP contribution in [0.25, 0.3) is 0 Å². The number of carbonyl (C=O) groups is 1. The maximum Gasteiger partial charge on any atom is 0.226 e. The molecule has 1 fully saturated rings. The molecule has 1 aromatic heterocycles. The number of likely N-dealkylation sites (tertiary alicyclic amines) is 1. The molecular weight excluding hydrogens is 352 g/mol. The van der Waals surface area contributed by atoms with E-state index in [0.29, 0.717) is 12.2 Å². The van der Waals surface area contributed by atoms with E-state index in [1.54, 1.807) is 4.68 Å². The maximum absolute atomic E-state index is 12.0. The first-order valence-corrected chi connectivity index (χ1v) is 10.5. The van der Waals surface area contributed by atoms with Crippen molar-refractivity contribution in [2.75, 3.05) is 31.6 Å². The summed E-state index contributed by atoms with van der Waals surface area (Å²) in [6.07, 6.45) is 8.82. The highest BCUT2D eigenvalue weighted by Crippen LogP contribution is 2.36. The lowest BCUT2D eigenvalue weighted by Gasteiger charge is -2.26. The molecule has 1 saturated heterocycles. The summed E-state index contributed by atoms with van der Waals surface area (Å²) in [4.78, 5) is 14.6. The molecule has 4 rings (SSSR count). The number of nitrogens with one attached hydrogen (secondary N) is 1. The van der Waals surface area contributed by atoms with Crippen LogP contribution in [0.15, 0.2) is 30.5 Å². The Labute approximate surface area is 166 Å². The van der Waals surface area contributed by atoms with Gasteiger partial charge in [-0.15, -0.1) is 0 Å². The van der Waals surface area contributed by atoms with E-state index in [2.05, 4.69) is 27.4 Å². The van der Waals surface area contributed by atoms with Crippen LogP contribution in [0.4, 0.5) is 5.82 Å². The average Bonchev–Trinajstić information content (AvgIpc) is 3.08. The fourth-order valence-corrected chi connectivity index (χ4v) is 4.24. The van der Waals surface area contributed by atoms with Crippen molar-refractivity contribution in [3.05, 3.63) is 41.6 Å². The second kappa shape index (κ2) is 8.78. The molecule has 6 heteroatoms. The van der Waals surface area contributed by atoms with Crippen molar-refractivity contribution in [1.82, 2.24) is 14.7 Å². The Morgan fingerprint density at radius 1 is 1.14 bits per heavy atom. The van der Waals surface area contributed by atoms with Crippen molar-refractivity contribution < 1.29 is 9.53 Å². The molecule has 0 aliphatic carbocycles. The lowest BCUT2D eigenvalue weighted by Crippen LogP contribution is -2.30. The summed E-state index contributed by atoms with van der Waals surface area (Å²) in [5, 5.41) is 7.20. The minimum atomic E-state index is 0.0187. The van der Waals surface area contributed by atoms with Crippen LogP contribution in [0.3, 0.4) is 0 Å². The molecule has 1 amide bonds. The number of benzene rings is 1. The second-order valence-corrected chi connectivity index (χ2v) is 7.94. The first-order valence-electron chi connectivity index (χ1n) is 10.5. The zero-order valence-corrected chi connectivity index (χ0v) is 16.7. The molecule has 0 saturated carbocycles. The monoisotopic (exact) mass is 382 g/mol. The topological polar surface area (TPSA) is 59.4 Å². The summed E-state index contributed by atoms with van der Waals surface area (Å²) in [6.45, 7) is 4.48. The minimum Gasteiger partial charge on any atom is -0.494 e. The molecule has 2 aliphatic heterocycles.